The third-order valence-electron chi connectivity index (χ3n) is 6.46. The SMILES string of the molecule is Cc1[nH]c2ccccc2c1C1C(C(=O)c2cc3cc(Cl)ccc3o2)=C(O)C(=O)N1c1cccc(Cl)c1. The minimum atomic E-state index is -0.920. The molecule has 0 aliphatic carbocycles. The molecule has 1 amide bonds. The number of hydrogen-bond acceptors (Lipinski definition) is 4. The van der Waals surface area contributed by atoms with Crippen LogP contribution in [0.3, 0.4) is 0 Å². The number of rotatable bonds is 4. The number of aromatic amines is 1. The number of benzene rings is 3. The van der Waals surface area contributed by atoms with Gasteiger partial charge >= 0.3 is 0 Å². The number of Topliss-reactive ketones (excluding diaryl/α,β-unsaturated/α-hetero) is 1. The molecule has 1 aliphatic rings. The lowest BCUT2D eigenvalue weighted by atomic mass is 9.92. The molecule has 3 aromatic carbocycles. The zero-order valence-electron chi connectivity index (χ0n) is 18.9. The number of amides is 1. The van der Waals surface area contributed by atoms with Crippen molar-refractivity contribution in [2.75, 3.05) is 4.90 Å². The van der Waals surface area contributed by atoms with Crippen molar-refractivity contribution in [3.05, 3.63) is 111 Å². The Kier molecular flexibility index (Phi) is 5.18. The molecule has 0 fully saturated rings. The molecule has 3 heterocycles. The zero-order valence-corrected chi connectivity index (χ0v) is 20.4. The fourth-order valence-electron chi connectivity index (χ4n) is 4.91. The summed E-state index contributed by atoms with van der Waals surface area (Å²) in [6, 6.07) is 20.0. The minimum absolute atomic E-state index is 0.00273. The Hall–Kier alpha value is -4.00. The normalized spacial score (nSPS) is 16.0. The van der Waals surface area contributed by atoms with E-state index >= 15 is 0 Å². The van der Waals surface area contributed by atoms with Crippen molar-refractivity contribution in [2.24, 2.45) is 0 Å². The molecule has 2 N–H and O–H groups in total. The van der Waals surface area contributed by atoms with Gasteiger partial charge in [-0.1, -0.05) is 47.5 Å². The first-order valence-corrected chi connectivity index (χ1v) is 11.9. The van der Waals surface area contributed by atoms with E-state index in [-0.39, 0.29) is 11.3 Å². The Labute approximate surface area is 215 Å². The molecule has 36 heavy (non-hydrogen) atoms. The molecule has 2 aromatic heterocycles. The molecular formula is C28H18Cl2N2O4. The van der Waals surface area contributed by atoms with E-state index in [1.165, 1.54) is 4.90 Å². The van der Waals surface area contributed by atoms with Crippen LogP contribution in [0.5, 0.6) is 0 Å². The van der Waals surface area contributed by atoms with Gasteiger partial charge in [-0.2, -0.15) is 0 Å². The van der Waals surface area contributed by atoms with Crippen LogP contribution in [-0.4, -0.2) is 21.8 Å². The number of furan rings is 1. The highest BCUT2D eigenvalue weighted by Gasteiger charge is 2.46. The second-order valence-corrected chi connectivity index (χ2v) is 9.52. The topological polar surface area (TPSA) is 86.5 Å². The maximum absolute atomic E-state index is 13.9. The number of ketones is 1. The summed E-state index contributed by atoms with van der Waals surface area (Å²) < 4.78 is 5.81. The fraction of sp³-hybridized carbons (Fsp3) is 0.0714. The van der Waals surface area contributed by atoms with Crippen LogP contribution in [0.25, 0.3) is 21.9 Å². The Bertz CT molecular complexity index is 1750. The lowest BCUT2D eigenvalue weighted by molar-refractivity contribution is -0.117. The van der Waals surface area contributed by atoms with Crippen molar-refractivity contribution in [3.8, 4) is 0 Å². The number of H-pyrrole nitrogens is 1. The number of nitrogens with zero attached hydrogens (tertiary/aromatic N) is 1. The molecule has 8 heteroatoms. The van der Waals surface area contributed by atoms with Gasteiger partial charge in [-0.15, -0.1) is 0 Å². The number of carbonyl (C=O) groups excluding carboxylic acids is 2. The van der Waals surface area contributed by atoms with Gasteiger partial charge in [-0.25, -0.2) is 0 Å². The van der Waals surface area contributed by atoms with Crippen molar-refractivity contribution in [1.82, 2.24) is 4.98 Å². The lowest BCUT2D eigenvalue weighted by Crippen LogP contribution is -2.31. The molecule has 0 spiro atoms. The summed E-state index contributed by atoms with van der Waals surface area (Å²) in [6.45, 7) is 1.87. The number of para-hydroxylation sites is 1. The summed E-state index contributed by atoms with van der Waals surface area (Å²) in [6.07, 6.45) is 0. The van der Waals surface area contributed by atoms with Crippen LogP contribution in [-0.2, 0) is 4.79 Å². The first-order chi connectivity index (χ1) is 17.3. The molecule has 0 saturated carbocycles. The largest absolute Gasteiger partial charge is 0.503 e. The Morgan fingerprint density at radius 2 is 1.78 bits per heavy atom. The van der Waals surface area contributed by atoms with Gasteiger partial charge in [0.1, 0.15) is 5.58 Å². The van der Waals surface area contributed by atoms with Crippen molar-refractivity contribution >= 4 is 62.5 Å². The number of halogens is 2. The van der Waals surface area contributed by atoms with E-state index in [1.54, 1.807) is 48.5 Å². The average molecular weight is 517 g/mol. The van der Waals surface area contributed by atoms with Gasteiger partial charge in [0, 0.05) is 43.3 Å². The van der Waals surface area contributed by atoms with Gasteiger partial charge in [0.2, 0.25) is 5.78 Å². The zero-order chi connectivity index (χ0) is 25.1. The van der Waals surface area contributed by atoms with Gasteiger partial charge in [0.05, 0.1) is 11.6 Å². The third-order valence-corrected chi connectivity index (χ3v) is 6.93. The molecule has 1 aliphatic heterocycles. The molecule has 5 aromatic rings. The van der Waals surface area contributed by atoms with Crippen LogP contribution in [0.2, 0.25) is 10.0 Å². The Balaban J connectivity index is 1.58. The summed E-state index contributed by atoms with van der Waals surface area (Å²) >= 11 is 12.3. The van der Waals surface area contributed by atoms with E-state index in [0.717, 1.165) is 16.6 Å². The van der Waals surface area contributed by atoms with Crippen molar-refractivity contribution in [1.29, 1.82) is 0 Å². The number of fused-ring (bicyclic) bond motifs is 2. The summed E-state index contributed by atoms with van der Waals surface area (Å²) in [4.78, 5) is 32.1. The van der Waals surface area contributed by atoms with Crippen LogP contribution in [0.15, 0.2) is 88.5 Å². The quantitative estimate of drug-likeness (QED) is 0.245. The standard InChI is InChI=1S/C28H18Cl2N2O4/c1-14-23(19-7-2-3-8-20(19)31-14)25-24(26(33)22-12-15-11-17(30)9-10-21(15)36-22)27(34)28(35)32(25)18-6-4-5-16(29)13-18/h2-13,25,31,34H,1H3. The molecule has 0 bridgehead atoms. The van der Waals surface area contributed by atoms with E-state index < -0.39 is 23.5 Å². The third kappa shape index (κ3) is 3.41. The van der Waals surface area contributed by atoms with E-state index in [2.05, 4.69) is 4.98 Å². The maximum Gasteiger partial charge on any atom is 0.294 e. The van der Waals surface area contributed by atoms with Gasteiger partial charge in [0.25, 0.3) is 5.91 Å². The van der Waals surface area contributed by atoms with Crippen molar-refractivity contribution in [2.45, 2.75) is 13.0 Å². The highest BCUT2D eigenvalue weighted by Crippen LogP contribution is 2.46. The minimum Gasteiger partial charge on any atom is -0.503 e. The number of carbonyl (C=O) groups is 2. The lowest BCUT2D eigenvalue weighted by Gasteiger charge is -2.27. The van der Waals surface area contributed by atoms with E-state index in [9.17, 15) is 14.7 Å². The predicted octanol–water partition coefficient (Wildman–Crippen LogP) is 7.31. The summed E-state index contributed by atoms with van der Waals surface area (Å²) in [7, 11) is 0. The predicted molar refractivity (Wildman–Crippen MR) is 140 cm³/mol. The number of anilines is 1. The van der Waals surface area contributed by atoms with Gasteiger partial charge < -0.3 is 14.5 Å². The molecule has 0 saturated heterocycles. The molecule has 178 valence electrons. The second kappa shape index (κ2) is 8.29. The number of aromatic nitrogens is 1. The number of aliphatic hydroxyl groups excluding tert-OH is 1. The molecule has 1 unspecified atom stereocenters. The molecule has 6 nitrogen and oxygen atoms in total. The summed E-state index contributed by atoms with van der Waals surface area (Å²) in [5.41, 5.74) is 3.16. The smallest absolute Gasteiger partial charge is 0.294 e. The summed E-state index contributed by atoms with van der Waals surface area (Å²) in [5.74, 6) is -1.92. The van der Waals surface area contributed by atoms with Gasteiger partial charge in [0.15, 0.2) is 11.5 Å². The number of aliphatic hydroxyl groups is 1. The Morgan fingerprint density at radius 3 is 2.58 bits per heavy atom. The first-order valence-electron chi connectivity index (χ1n) is 11.2. The highest BCUT2D eigenvalue weighted by molar-refractivity contribution is 6.31. The monoisotopic (exact) mass is 516 g/mol. The molecular weight excluding hydrogens is 499 g/mol. The molecule has 6 rings (SSSR count). The highest BCUT2D eigenvalue weighted by atomic mass is 35.5. The number of nitrogens with one attached hydrogen (secondary N) is 1. The van der Waals surface area contributed by atoms with Crippen LogP contribution >= 0.6 is 23.2 Å². The van der Waals surface area contributed by atoms with Crippen LogP contribution in [0.1, 0.15) is 27.9 Å². The average Bonchev–Trinajstić information content (AvgIpc) is 3.49. The van der Waals surface area contributed by atoms with E-state index in [4.69, 9.17) is 27.6 Å². The van der Waals surface area contributed by atoms with Crippen molar-refractivity contribution in [3.63, 3.8) is 0 Å². The molecule has 0 radical (unpaired) electrons. The fourth-order valence-corrected chi connectivity index (χ4v) is 5.28. The maximum atomic E-state index is 13.9. The number of aryl methyl sites for hydroxylation is 1. The van der Waals surface area contributed by atoms with E-state index in [0.29, 0.717) is 32.3 Å². The van der Waals surface area contributed by atoms with Crippen LogP contribution < -0.4 is 4.90 Å². The van der Waals surface area contributed by atoms with Crippen LogP contribution in [0.4, 0.5) is 5.69 Å². The van der Waals surface area contributed by atoms with Crippen LogP contribution in [0, 0.1) is 6.92 Å². The van der Waals surface area contributed by atoms with Gasteiger partial charge in [-0.3, -0.25) is 14.5 Å². The Morgan fingerprint density at radius 1 is 1.00 bits per heavy atom. The first kappa shape index (κ1) is 22.5. The van der Waals surface area contributed by atoms with E-state index in [1.807, 2.05) is 31.2 Å². The second-order valence-electron chi connectivity index (χ2n) is 8.65. The summed E-state index contributed by atoms with van der Waals surface area (Å²) in [5, 5.41) is 13.5. The molecule has 1 atom stereocenters. The number of hydrogen-bond donors (Lipinski definition) is 2. The van der Waals surface area contributed by atoms with Crippen molar-refractivity contribution < 1.29 is 19.1 Å². The van der Waals surface area contributed by atoms with Gasteiger partial charge in [-0.05, 0) is 55.5 Å².